The molecule has 0 aromatic rings. The highest BCUT2D eigenvalue weighted by Crippen LogP contribution is 2.49. The maximum Gasteiger partial charge on any atom is 0.410 e. The number of hydrogen-bond donors (Lipinski definition) is 1. The minimum absolute atomic E-state index is 0.173. The van der Waals surface area contributed by atoms with Gasteiger partial charge in [0.05, 0.1) is 0 Å². The number of hydrogen-bond acceptors (Lipinski definition) is 3. The SMILES string of the molecule is CC(C)(C)OC(=O)N1CCC(C2C[C@H]2CCO)CC1. The molecule has 0 radical (unpaired) electrons. The first-order valence-corrected chi connectivity index (χ1v) is 7.49. The molecular formula is C15H27NO3. The van der Waals surface area contributed by atoms with Gasteiger partial charge in [0.1, 0.15) is 5.60 Å². The van der Waals surface area contributed by atoms with Gasteiger partial charge in [-0.2, -0.15) is 0 Å². The highest BCUT2D eigenvalue weighted by molar-refractivity contribution is 5.68. The van der Waals surface area contributed by atoms with Gasteiger partial charge in [-0.25, -0.2) is 4.79 Å². The Morgan fingerprint density at radius 3 is 2.47 bits per heavy atom. The molecule has 4 heteroatoms. The van der Waals surface area contributed by atoms with Crippen molar-refractivity contribution in [1.29, 1.82) is 0 Å². The van der Waals surface area contributed by atoms with Gasteiger partial charge in [0.2, 0.25) is 0 Å². The molecule has 0 spiro atoms. The number of carbonyl (C=O) groups excluding carboxylic acids is 1. The van der Waals surface area contributed by atoms with Gasteiger partial charge in [0.15, 0.2) is 0 Å². The normalized spacial score (nSPS) is 28.3. The molecule has 1 aliphatic carbocycles. The summed E-state index contributed by atoms with van der Waals surface area (Å²) in [5, 5.41) is 8.95. The summed E-state index contributed by atoms with van der Waals surface area (Å²) in [5.74, 6) is 2.28. The zero-order chi connectivity index (χ0) is 14.0. The Labute approximate surface area is 116 Å². The van der Waals surface area contributed by atoms with E-state index >= 15 is 0 Å². The number of piperidine rings is 1. The van der Waals surface area contributed by atoms with Crippen LogP contribution in [-0.2, 0) is 4.74 Å². The molecule has 2 rings (SSSR count). The Kier molecular flexibility index (Phi) is 4.39. The summed E-state index contributed by atoms with van der Waals surface area (Å²) in [5.41, 5.74) is -0.406. The van der Waals surface area contributed by atoms with E-state index in [9.17, 15) is 4.79 Å². The second-order valence-corrected chi connectivity index (χ2v) is 6.98. The first kappa shape index (κ1) is 14.6. The molecule has 2 aliphatic rings. The van der Waals surface area contributed by atoms with E-state index in [1.54, 1.807) is 0 Å². The summed E-state index contributed by atoms with van der Waals surface area (Å²) in [6, 6.07) is 0. The van der Waals surface area contributed by atoms with E-state index in [-0.39, 0.29) is 6.09 Å². The fourth-order valence-electron chi connectivity index (χ4n) is 3.18. The van der Waals surface area contributed by atoms with Gasteiger partial charge in [-0.15, -0.1) is 0 Å². The summed E-state index contributed by atoms with van der Waals surface area (Å²) in [7, 11) is 0. The van der Waals surface area contributed by atoms with E-state index in [1.807, 2.05) is 25.7 Å². The van der Waals surface area contributed by atoms with Crippen LogP contribution in [0.4, 0.5) is 4.79 Å². The third-order valence-electron chi connectivity index (χ3n) is 4.27. The van der Waals surface area contributed by atoms with Crippen molar-refractivity contribution in [3.8, 4) is 0 Å². The maximum absolute atomic E-state index is 11.9. The molecule has 1 saturated carbocycles. The van der Waals surface area contributed by atoms with Crippen LogP contribution >= 0.6 is 0 Å². The average molecular weight is 269 g/mol. The van der Waals surface area contributed by atoms with Gasteiger partial charge in [0.25, 0.3) is 0 Å². The van der Waals surface area contributed by atoms with Crippen molar-refractivity contribution in [1.82, 2.24) is 4.90 Å². The smallest absolute Gasteiger partial charge is 0.410 e. The molecular weight excluding hydrogens is 242 g/mol. The summed E-state index contributed by atoms with van der Waals surface area (Å²) in [4.78, 5) is 13.8. The number of rotatable bonds is 3. The summed E-state index contributed by atoms with van der Waals surface area (Å²) < 4.78 is 5.40. The first-order valence-electron chi connectivity index (χ1n) is 7.49. The second kappa shape index (κ2) is 5.70. The monoisotopic (exact) mass is 269 g/mol. The number of likely N-dealkylation sites (tertiary alicyclic amines) is 1. The standard InChI is InChI=1S/C15H27NO3/c1-15(2,3)19-14(18)16-7-4-11(5-8-16)13-10-12(13)6-9-17/h11-13,17H,4-10H2,1-3H3/t12-,13?/m1/s1. The number of carbonyl (C=O) groups is 1. The minimum atomic E-state index is -0.406. The van der Waals surface area contributed by atoms with Crippen LogP contribution in [0.25, 0.3) is 0 Å². The number of nitrogens with zero attached hydrogens (tertiary/aromatic N) is 1. The van der Waals surface area contributed by atoms with Crippen LogP contribution in [0.1, 0.15) is 46.5 Å². The number of ether oxygens (including phenoxy) is 1. The van der Waals surface area contributed by atoms with Crippen molar-refractivity contribution in [2.45, 2.75) is 52.1 Å². The van der Waals surface area contributed by atoms with Crippen molar-refractivity contribution >= 4 is 6.09 Å². The first-order chi connectivity index (χ1) is 8.90. The number of aliphatic hydroxyl groups is 1. The third kappa shape index (κ3) is 4.10. The molecule has 1 N–H and O–H groups in total. The van der Waals surface area contributed by atoms with Gasteiger partial charge in [-0.3, -0.25) is 0 Å². The van der Waals surface area contributed by atoms with Crippen molar-refractivity contribution in [2.24, 2.45) is 17.8 Å². The van der Waals surface area contributed by atoms with Crippen LogP contribution in [-0.4, -0.2) is 41.4 Å². The molecule has 1 heterocycles. The van der Waals surface area contributed by atoms with E-state index in [2.05, 4.69) is 0 Å². The fourth-order valence-corrected chi connectivity index (χ4v) is 3.18. The van der Waals surface area contributed by atoms with Gasteiger partial charge in [0, 0.05) is 19.7 Å². The molecule has 0 aromatic carbocycles. The second-order valence-electron chi connectivity index (χ2n) is 6.98. The predicted molar refractivity (Wildman–Crippen MR) is 73.8 cm³/mol. The van der Waals surface area contributed by atoms with Crippen LogP contribution in [0.15, 0.2) is 0 Å². The zero-order valence-electron chi connectivity index (χ0n) is 12.4. The highest BCUT2D eigenvalue weighted by Gasteiger charge is 2.43. The Bertz CT molecular complexity index is 316. The Balaban J connectivity index is 1.72. The van der Waals surface area contributed by atoms with Gasteiger partial charge in [-0.05, 0) is 64.2 Å². The molecule has 19 heavy (non-hydrogen) atoms. The van der Waals surface area contributed by atoms with Crippen molar-refractivity contribution in [2.75, 3.05) is 19.7 Å². The molecule has 1 unspecified atom stereocenters. The summed E-state index contributed by atoms with van der Waals surface area (Å²) >= 11 is 0. The largest absolute Gasteiger partial charge is 0.444 e. The highest BCUT2D eigenvalue weighted by atomic mass is 16.6. The molecule has 1 amide bonds. The molecule has 2 atom stereocenters. The minimum Gasteiger partial charge on any atom is -0.444 e. The molecule has 0 bridgehead atoms. The van der Waals surface area contributed by atoms with E-state index in [0.717, 1.165) is 50.1 Å². The molecule has 2 fully saturated rings. The average Bonchev–Trinajstić information content (AvgIpc) is 3.07. The third-order valence-corrected chi connectivity index (χ3v) is 4.27. The van der Waals surface area contributed by atoms with Crippen LogP contribution in [0.5, 0.6) is 0 Å². The number of amides is 1. The molecule has 1 saturated heterocycles. The quantitative estimate of drug-likeness (QED) is 0.857. The Morgan fingerprint density at radius 2 is 1.95 bits per heavy atom. The van der Waals surface area contributed by atoms with Crippen molar-refractivity contribution in [3.05, 3.63) is 0 Å². The molecule has 4 nitrogen and oxygen atoms in total. The van der Waals surface area contributed by atoms with Gasteiger partial charge < -0.3 is 14.7 Å². The van der Waals surface area contributed by atoms with Crippen LogP contribution in [0.3, 0.4) is 0 Å². The summed E-state index contributed by atoms with van der Waals surface area (Å²) in [6.07, 6.45) is 4.24. The van der Waals surface area contributed by atoms with Crippen LogP contribution in [0.2, 0.25) is 0 Å². The molecule has 1 aliphatic heterocycles. The van der Waals surface area contributed by atoms with E-state index in [1.165, 1.54) is 6.42 Å². The van der Waals surface area contributed by atoms with E-state index in [4.69, 9.17) is 9.84 Å². The fraction of sp³-hybridized carbons (Fsp3) is 0.933. The van der Waals surface area contributed by atoms with Gasteiger partial charge >= 0.3 is 6.09 Å². The number of aliphatic hydroxyl groups excluding tert-OH is 1. The molecule has 0 aromatic heterocycles. The topological polar surface area (TPSA) is 49.8 Å². The Hall–Kier alpha value is -0.770. The van der Waals surface area contributed by atoms with Crippen molar-refractivity contribution in [3.63, 3.8) is 0 Å². The lowest BCUT2D eigenvalue weighted by molar-refractivity contribution is 0.0174. The van der Waals surface area contributed by atoms with Crippen LogP contribution < -0.4 is 0 Å². The lowest BCUT2D eigenvalue weighted by atomic mass is 9.91. The van der Waals surface area contributed by atoms with E-state index < -0.39 is 5.60 Å². The lowest BCUT2D eigenvalue weighted by Gasteiger charge is -2.33. The maximum atomic E-state index is 11.9. The lowest BCUT2D eigenvalue weighted by Crippen LogP contribution is -2.42. The van der Waals surface area contributed by atoms with Gasteiger partial charge in [-0.1, -0.05) is 0 Å². The van der Waals surface area contributed by atoms with Crippen LogP contribution in [0, 0.1) is 17.8 Å². The molecule has 110 valence electrons. The summed E-state index contributed by atoms with van der Waals surface area (Å²) in [6.45, 7) is 7.67. The van der Waals surface area contributed by atoms with Crippen molar-refractivity contribution < 1.29 is 14.6 Å². The van der Waals surface area contributed by atoms with E-state index in [0.29, 0.717) is 6.61 Å². The zero-order valence-corrected chi connectivity index (χ0v) is 12.4. The Morgan fingerprint density at radius 1 is 1.32 bits per heavy atom. The predicted octanol–water partition coefficient (Wildman–Crippen LogP) is 2.65.